The first-order chi connectivity index (χ1) is 8.40. The van der Waals surface area contributed by atoms with Crippen molar-refractivity contribution in [2.24, 2.45) is 0 Å². The second-order valence-corrected chi connectivity index (χ2v) is 3.87. The van der Waals surface area contributed by atoms with Gasteiger partial charge in [-0.3, -0.25) is 0 Å². The van der Waals surface area contributed by atoms with Crippen molar-refractivity contribution in [3.05, 3.63) is 24.3 Å². The van der Waals surface area contributed by atoms with E-state index in [4.69, 9.17) is 11.5 Å². The number of anilines is 2. The Balaban J connectivity index is 2.63. The van der Waals surface area contributed by atoms with E-state index in [1.807, 2.05) is 0 Å². The minimum Gasteiger partial charge on any atom is -0.504 e. The predicted molar refractivity (Wildman–Crippen MR) is 67.4 cm³/mol. The van der Waals surface area contributed by atoms with E-state index in [-0.39, 0.29) is 22.9 Å². The molecule has 8 N–H and O–H groups in total. The molecule has 6 nitrogen and oxygen atoms in total. The summed E-state index contributed by atoms with van der Waals surface area (Å²) in [5.74, 6) is -1.57. The van der Waals surface area contributed by atoms with Gasteiger partial charge < -0.3 is 31.9 Å². The fourth-order valence-corrected chi connectivity index (χ4v) is 1.62. The van der Waals surface area contributed by atoms with E-state index in [1.165, 1.54) is 24.3 Å². The van der Waals surface area contributed by atoms with Crippen molar-refractivity contribution in [3.63, 3.8) is 0 Å². The van der Waals surface area contributed by atoms with Gasteiger partial charge in [-0.2, -0.15) is 0 Å². The van der Waals surface area contributed by atoms with Crippen LogP contribution < -0.4 is 11.5 Å². The molecule has 0 aliphatic heterocycles. The van der Waals surface area contributed by atoms with E-state index in [2.05, 4.69) is 0 Å². The molecule has 0 spiro atoms. The van der Waals surface area contributed by atoms with Crippen LogP contribution in [0.1, 0.15) is 0 Å². The van der Waals surface area contributed by atoms with Gasteiger partial charge in [0.1, 0.15) is 0 Å². The fraction of sp³-hybridized carbons (Fsp3) is 0. The zero-order chi connectivity index (χ0) is 13.4. The van der Waals surface area contributed by atoms with Crippen LogP contribution in [0.3, 0.4) is 0 Å². The molecule has 0 heterocycles. The van der Waals surface area contributed by atoms with Gasteiger partial charge in [-0.25, -0.2) is 0 Å². The third kappa shape index (κ3) is 1.80. The minimum absolute atomic E-state index is 0.00358. The molecule has 2 rings (SSSR count). The second-order valence-electron chi connectivity index (χ2n) is 3.87. The number of benzene rings is 2. The monoisotopic (exact) mass is 248 g/mol. The summed E-state index contributed by atoms with van der Waals surface area (Å²) < 4.78 is 0. The van der Waals surface area contributed by atoms with Crippen LogP contribution in [0.5, 0.6) is 23.0 Å². The summed E-state index contributed by atoms with van der Waals surface area (Å²) >= 11 is 0. The van der Waals surface area contributed by atoms with Crippen LogP contribution in [0.25, 0.3) is 11.1 Å². The van der Waals surface area contributed by atoms with Crippen LogP contribution in [0.2, 0.25) is 0 Å². The zero-order valence-electron chi connectivity index (χ0n) is 9.25. The number of nitrogen functional groups attached to an aromatic ring is 2. The first-order valence-corrected chi connectivity index (χ1v) is 5.03. The topological polar surface area (TPSA) is 133 Å². The summed E-state index contributed by atoms with van der Waals surface area (Å²) in [4.78, 5) is 0. The molecule has 0 aliphatic carbocycles. The second kappa shape index (κ2) is 3.92. The number of hydrogen-bond acceptors (Lipinski definition) is 6. The molecule has 0 bridgehead atoms. The maximum atomic E-state index is 9.46. The molecule has 0 atom stereocenters. The summed E-state index contributed by atoms with van der Waals surface area (Å²) in [6.07, 6.45) is 0. The van der Waals surface area contributed by atoms with Gasteiger partial charge in [-0.15, -0.1) is 0 Å². The molecule has 6 heteroatoms. The molecule has 0 aromatic heterocycles. The summed E-state index contributed by atoms with van der Waals surface area (Å²) in [6, 6.07) is 5.38. The molecular formula is C12H12N2O4. The molecule has 0 fully saturated rings. The van der Waals surface area contributed by atoms with Crippen molar-refractivity contribution in [2.75, 3.05) is 11.5 Å². The largest absolute Gasteiger partial charge is 0.504 e. The molecule has 0 unspecified atom stereocenters. The van der Waals surface area contributed by atoms with Gasteiger partial charge in [0.15, 0.2) is 23.0 Å². The SMILES string of the molecule is Nc1cc(-c2cc(N)c(O)c(O)c2)cc(O)c1O. The van der Waals surface area contributed by atoms with E-state index in [9.17, 15) is 20.4 Å². The van der Waals surface area contributed by atoms with Crippen molar-refractivity contribution >= 4 is 11.4 Å². The Hall–Kier alpha value is -2.76. The number of rotatable bonds is 1. The highest BCUT2D eigenvalue weighted by atomic mass is 16.3. The first kappa shape index (κ1) is 11.7. The number of phenolic OH excluding ortho intramolecular Hbond substituents is 4. The summed E-state index contributed by atoms with van der Waals surface area (Å²) in [5, 5.41) is 37.6. The van der Waals surface area contributed by atoms with Gasteiger partial charge in [0, 0.05) is 0 Å². The number of nitrogens with two attached hydrogens (primary N) is 2. The van der Waals surface area contributed by atoms with Crippen molar-refractivity contribution in [1.29, 1.82) is 0 Å². The smallest absolute Gasteiger partial charge is 0.181 e. The molecule has 2 aromatic carbocycles. The third-order valence-corrected chi connectivity index (χ3v) is 2.57. The molecule has 18 heavy (non-hydrogen) atoms. The van der Waals surface area contributed by atoms with Gasteiger partial charge in [0.05, 0.1) is 11.4 Å². The first-order valence-electron chi connectivity index (χ1n) is 5.03. The van der Waals surface area contributed by atoms with Gasteiger partial charge in [-0.05, 0) is 35.4 Å². The Morgan fingerprint density at radius 2 is 0.944 bits per heavy atom. The molecule has 0 radical (unpaired) electrons. The summed E-state index contributed by atoms with van der Waals surface area (Å²) in [6.45, 7) is 0. The number of hydrogen-bond donors (Lipinski definition) is 6. The quantitative estimate of drug-likeness (QED) is 0.333. The highest BCUT2D eigenvalue weighted by Crippen LogP contribution is 2.40. The lowest BCUT2D eigenvalue weighted by molar-refractivity contribution is 0.405. The lowest BCUT2D eigenvalue weighted by Gasteiger charge is -2.09. The van der Waals surface area contributed by atoms with Crippen LogP contribution >= 0.6 is 0 Å². The molecule has 0 saturated heterocycles. The Labute approximate surface area is 102 Å². The third-order valence-electron chi connectivity index (χ3n) is 2.57. The van der Waals surface area contributed by atoms with Crippen LogP contribution in [0, 0.1) is 0 Å². The summed E-state index contributed by atoms with van der Waals surface area (Å²) in [7, 11) is 0. The van der Waals surface area contributed by atoms with Gasteiger partial charge in [0.2, 0.25) is 0 Å². The highest BCUT2D eigenvalue weighted by molar-refractivity contribution is 5.79. The maximum absolute atomic E-state index is 9.46. The average molecular weight is 248 g/mol. The van der Waals surface area contributed by atoms with E-state index in [0.29, 0.717) is 11.1 Å². The van der Waals surface area contributed by atoms with Crippen LogP contribution in [0.4, 0.5) is 11.4 Å². The number of phenols is 4. The van der Waals surface area contributed by atoms with Crippen molar-refractivity contribution in [2.45, 2.75) is 0 Å². The van der Waals surface area contributed by atoms with E-state index < -0.39 is 11.5 Å². The minimum atomic E-state index is -0.408. The predicted octanol–water partition coefficient (Wildman–Crippen LogP) is 1.34. The van der Waals surface area contributed by atoms with E-state index in [1.54, 1.807) is 0 Å². The molecule has 2 aromatic rings. The van der Waals surface area contributed by atoms with Gasteiger partial charge in [-0.1, -0.05) is 0 Å². The highest BCUT2D eigenvalue weighted by Gasteiger charge is 2.11. The van der Waals surface area contributed by atoms with E-state index in [0.717, 1.165) is 0 Å². The molecule has 0 saturated carbocycles. The molecule has 94 valence electrons. The average Bonchev–Trinajstić information content (AvgIpc) is 2.31. The van der Waals surface area contributed by atoms with Crippen molar-refractivity contribution in [1.82, 2.24) is 0 Å². The normalized spacial score (nSPS) is 10.4. The summed E-state index contributed by atoms with van der Waals surface area (Å²) in [5.41, 5.74) is 11.9. The fourth-order valence-electron chi connectivity index (χ4n) is 1.62. The van der Waals surface area contributed by atoms with Crippen molar-refractivity contribution in [3.8, 4) is 34.1 Å². The Morgan fingerprint density at radius 1 is 0.611 bits per heavy atom. The van der Waals surface area contributed by atoms with Gasteiger partial charge >= 0.3 is 0 Å². The Morgan fingerprint density at radius 3 is 1.22 bits per heavy atom. The number of aromatic hydroxyl groups is 4. The Kier molecular flexibility index (Phi) is 2.55. The molecule has 0 amide bonds. The van der Waals surface area contributed by atoms with Crippen molar-refractivity contribution < 1.29 is 20.4 Å². The van der Waals surface area contributed by atoms with E-state index >= 15 is 0 Å². The van der Waals surface area contributed by atoms with Gasteiger partial charge in [0.25, 0.3) is 0 Å². The Bertz CT molecular complexity index is 524. The lowest BCUT2D eigenvalue weighted by Crippen LogP contribution is -1.90. The zero-order valence-corrected chi connectivity index (χ0v) is 9.25. The van der Waals surface area contributed by atoms with Crippen LogP contribution in [0.15, 0.2) is 24.3 Å². The lowest BCUT2D eigenvalue weighted by atomic mass is 10.0. The van der Waals surface area contributed by atoms with Crippen LogP contribution in [-0.4, -0.2) is 20.4 Å². The maximum Gasteiger partial charge on any atom is 0.181 e. The standard InChI is InChI=1S/C12H12N2O4/c13-7-1-5(3-9(15)11(7)17)6-2-8(14)12(18)10(16)4-6/h1-4,15-18H,13-14H2. The molecular weight excluding hydrogens is 236 g/mol. The van der Waals surface area contributed by atoms with Crippen LogP contribution in [-0.2, 0) is 0 Å². The molecule has 0 aliphatic rings.